The predicted octanol–water partition coefficient (Wildman–Crippen LogP) is 5.91. The van der Waals surface area contributed by atoms with Crippen LogP contribution in [0, 0.1) is 0 Å². The lowest BCUT2D eigenvalue weighted by Gasteiger charge is -2.09. The van der Waals surface area contributed by atoms with Crippen molar-refractivity contribution in [3.63, 3.8) is 0 Å². The Bertz CT molecular complexity index is 660. The second-order valence-corrected chi connectivity index (χ2v) is 7.68. The molecule has 0 heterocycles. The van der Waals surface area contributed by atoms with E-state index in [0.29, 0.717) is 5.92 Å². The van der Waals surface area contributed by atoms with Gasteiger partial charge in [0, 0.05) is 0 Å². The summed E-state index contributed by atoms with van der Waals surface area (Å²) in [5.41, 5.74) is 1.40. The minimum atomic E-state index is -0.0361. The van der Waals surface area contributed by atoms with Crippen LogP contribution in [0.2, 0.25) is 0 Å². The van der Waals surface area contributed by atoms with E-state index in [1.165, 1.54) is 20.2 Å². The minimum absolute atomic E-state index is 0.0361. The van der Waals surface area contributed by atoms with Crippen molar-refractivity contribution in [2.24, 2.45) is 0 Å². The van der Waals surface area contributed by atoms with Crippen LogP contribution in [0.5, 0.6) is 0 Å². The Morgan fingerprint density at radius 1 is 0.545 bits per heavy atom. The summed E-state index contributed by atoms with van der Waals surface area (Å²) in [6.07, 6.45) is 0. The molecule has 0 aliphatic rings. The third kappa shape index (κ3) is 3.26. The van der Waals surface area contributed by atoms with Crippen molar-refractivity contribution in [1.82, 2.24) is 0 Å². The summed E-state index contributed by atoms with van der Waals surface area (Å²) >= 11 is 0. The Morgan fingerprint density at radius 3 is 1.36 bits per heavy atom. The maximum Gasteiger partial charge on any atom is 0.166 e. The van der Waals surface area contributed by atoms with Crippen LogP contribution in [-0.2, 0) is 10.9 Å². The maximum atomic E-state index is 2.29. The van der Waals surface area contributed by atoms with E-state index in [2.05, 4.69) is 98.8 Å². The van der Waals surface area contributed by atoms with Gasteiger partial charge in [-0.1, -0.05) is 62.4 Å². The van der Waals surface area contributed by atoms with E-state index in [-0.39, 0.29) is 10.9 Å². The summed E-state index contributed by atoms with van der Waals surface area (Å²) < 4.78 is 0. The molecule has 0 aliphatic heterocycles. The van der Waals surface area contributed by atoms with Gasteiger partial charge in [0.25, 0.3) is 0 Å². The Kier molecular flexibility index (Phi) is 4.65. The molecule has 3 aromatic rings. The van der Waals surface area contributed by atoms with E-state index >= 15 is 0 Å². The molecule has 0 fully saturated rings. The molecule has 22 heavy (non-hydrogen) atoms. The Hall–Kier alpha value is -1.99. The van der Waals surface area contributed by atoms with E-state index in [0.717, 1.165) is 0 Å². The van der Waals surface area contributed by atoms with Crippen molar-refractivity contribution in [3.05, 3.63) is 90.5 Å². The first-order valence-electron chi connectivity index (χ1n) is 7.70. The maximum absolute atomic E-state index is 2.29. The summed E-state index contributed by atoms with van der Waals surface area (Å²) in [5, 5.41) is 0. The molecule has 0 radical (unpaired) electrons. The first kappa shape index (κ1) is 14.9. The van der Waals surface area contributed by atoms with E-state index in [1.807, 2.05) is 0 Å². The molecule has 0 aliphatic carbocycles. The monoisotopic (exact) mass is 305 g/mol. The van der Waals surface area contributed by atoms with Crippen molar-refractivity contribution >= 4 is 10.9 Å². The third-order valence-electron chi connectivity index (χ3n) is 3.74. The Balaban J connectivity index is 2.06. The highest BCUT2D eigenvalue weighted by Gasteiger charge is 2.27. The van der Waals surface area contributed by atoms with Crippen LogP contribution < -0.4 is 0 Å². The van der Waals surface area contributed by atoms with Gasteiger partial charge in [-0.25, -0.2) is 0 Å². The summed E-state index contributed by atoms with van der Waals surface area (Å²) in [5.74, 6) is 0.573. The highest BCUT2D eigenvalue weighted by Crippen LogP contribution is 2.31. The topological polar surface area (TPSA) is 0 Å². The van der Waals surface area contributed by atoms with Gasteiger partial charge in [0.15, 0.2) is 14.7 Å². The van der Waals surface area contributed by atoms with Crippen LogP contribution in [0.25, 0.3) is 0 Å². The predicted molar refractivity (Wildman–Crippen MR) is 95.6 cm³/mol. The highest BCUT2D eigenvalue weighted by molar-refractivity contribution is 7.97. The van der Waals surface area contributed by atoms with Gasteiger partial charge in [0.2, 0.25) is 0 Å². The molecule has 1 heteroatoms. The zero-order valence-corrected chi connectivity index (χ0v) is 13.9. The van der Waals surface area contributed by atoms with Gasteiger partial charge in [-0.3, -0.25) is 0 Å². The van der Waals surface area contributed by atoms with Crippen LogP contribution in [0.1, 0.15) is 25.3 Å². The summed E-state index contributed by atoms with van der Waals surface area (Å²) in [6.45, 7) is 4.48. The number of hydrogen-bond acceptors (Lipinski definition) is 0. The molecule has 3 rings (SSSR count). The first-order chi connectivity index (χ1) is 10.8. The molecule has 0 N–H and O–H groups in total. The number of hydrogen-bond donors (Lipinski definition) is 0. The number of benzene rings is 3. The van der Waals surface area contributed by atoms with Crippen LogP contribution in [0.15, 0.2) is 99.6 Å². The molecular weight excluding hydrogens is 284 g/mol. The van der Waals surface area contributed by atoms with E-state index in [1.54, 1.807) is 0 Å². The van der Waals surface area contributed by atoms with Crippen molar-refractivity contribution in [2.45, 2.75) is 34.5 Å². The molecule has 3 aromatic carbocycles. The molecule has 0 unspecified atom stereocenters. The fourth-order valence-electron chi connectivity index (χ4n) is 2.51. The Labute approximate surface area is 136 Å². The van der Waals surface area contributed by atoms with Crippen molar-refractivity contribution in [1.29, 1.82) is 0 Å². The molecule has 0 spiro atoms. The van der Waals surface area contributed by atoms with Crippen molar-refractivity contribution in [3.8, 4) is 0 Å². The van der Waals surface area contributed by atoms with Gasteiger partial charge in [-0.05, 0) is 47.9 Å². The van der Waals surface area contributed by atoms with Crippen LogP contribution in [-0.4, -0.2) is 0 Å². The van der Waals surface area contributed by atoms with Gasteiger partial charge in [0.05, 0.1) is 10.9 Å². The van der Waals surface area contributed by atoms with Crippen LogP contribution in [0.3, 0.4) is 0 Å². The highest BCUT2D eigenvalue weighted by atomic mass is 32.2. The van der Waals surface area contributed by atoms with E-state index < -0.39 is 0 Å². The lowest BCUT2D eigenvalue weighted by molar-refractivity contribution is 0.864. The van der Waals surface area contributed by atoms with Gasteiger partial charge in [-0.15, -0.1) is 0 Å². The number of rotatable bonds is 4. The lowest BCUT2D eigenvalue weighted by Crippen LogP contribution is -2.04. The van der Waals surface area contributed by atoms with Gasteiger partial charge >= 0.3 is 0 Å². The molecule has 0 aromatic heterocycles. The smallest absolute Gasteiger partial charge is 0.0619 e. The average molecular weight is 305 g/mol. The summed E-state index contributed by atoms with van der Waals surface area (Å²) in [4.78, 5) is 4.11. The normalized spacial score (nSPS) is 11.1. The fraction of sp³-hybridized carbons (Fsp3) is 0.143. The van der Waals surface area contributed by atoms with E-state index in [4.69, 9.17) is 0 Å². The SMILES string of the molecule is CC(C)c1ccc([S+](c2ccccc2)c2ccccc2)cc1. The molecule has 110 valence electrons. The zero-order valence-electron chi connectivity index (χ0n) is 13.1. The van der Waals surface area contributed by atoms with Gasteiger partial charge in [0.1, 0.15) is 0 Å². The zero-order chi connectivity index (χ0) is 15.4. The molecular formula is C21H21S+. The average Bonchev–Trinajstić information content (AvgIpc) is 2.57. The van der Waals surface area contributed by atoms with Crippen LogP contribution in [0.4, 0.5) is 0 Å². The molecule has 0 atom stereocenters. The second kappa shape index (κ2) is 6.85. The van der Waals surface area contributed by atoms with Crippen LogP contribution >= 0.6 is 0 Å². The summed E-state index contributed by atoms with van der Waals surface area (Å²) in [7, 11) is -0.0361. The molecule has 0 amide bonds. The van der Waals surface area contributed by atoms with Crippen molar-refractivity contribution in [2.75, 3.05) is 0 Å². The minimum Gasteiger partial charge on any atom is -0.0619 e. The standard InChI is InChI=1S/C21H21S/c1-17(2)18-13-15-21(16-14-18)22(19-9-5-3-6-10-19)20-11-7-4-8-12-20/h3-17H,1-2H3/q+1. The fourth-order valence-corrected chi connectivity index (χ4v) is 4.59. The van der Waals surface area contributed by atoms with Gasteiger partial charge in [-0.2, -0.15) is 0 Å². The summed E-state index contributed by atoms with van der Waals surface area (Å²) in [6, 6.07) is 30.7. The second-order valence-electron chi connectivity index (χ2n) is 5.66. The Morgan fingerprint density at radius 2 is 0.955 bits per heavy atom. The molecule has 0 saturated carbocycles. The van der Waals surface area contributed by atoms with E-state index in [9.17, 15) is 0 Å². The quantitative estimate of drug-likeness (QED) is 0.526. The molecule has 0 saturated heterocycles. The van der Waals surface area contributed by atoms with Gasteiger partial charge < -0.3 is 0 Å². The first-order valence-corrected chi connectivity index (χ1v) is 8.92. The molecule has 0 bridgehead atoms. The third-order valence-corrected chi connectivity index (χ3v) is 5.97. The lowest BCUT2D eigenvalue weighted by atomic mass is 10.0. The molecule has 0 nitrogen and oxygen atoms in total. The van der Waals surface area contributed by atoms with Crippen molar-refractivity contribution < 1.29 is 0 Å². The largest absolute Gasteiger partial charge is 0.166 e.